The number of carbonyl (C=O) groups is 2. The minimum atomic E-state index is -1.05. The summed E-state index contributed by atoms with van der Waals surface area (Å²) < 4.78 is 11.5. The van der Waals surface area contributed by atoms with Crippen LogP contribution in [0.3, 0.4) is 0 Å². The molecule has 0 aliphatic rings. The van der Waals surface area contributed by atoms with Crippen LogP contribution in [0.1, 0.15) is 20.7 Å². The van der Waals surface area contributed by atoms with Crippen LogP contribution in [0.15, 0.2) is 60.7 Å². The highest BCUT2D eigenvalue weighted by Gasteiger charge is 2.16. The van der Waals surface area contributed by atoms with Gasteiger partial charge in [0.1, 0.15) is 16.5 Å². The summed E-state index contributed by atoms with van der Waals surface area (Å²) in [4.78, 5) is 21.9. The van der Waals surface area contributed by atoms with Crippen molar-refractivity contribution in [3.05, 3.63) is 81.8 Å². The Morgan fingerprint density at radius 3 is 1.61 bits per heavy atom. The van der Waals surface area contributed by atoms with Crippen molar-refractivity contribution in [3.63, 3.8) is 0 Å². The van der Waals surface area contributed by atoms with Crippen LogP contribution in [0.4, 0.5) is 0 Å². The monoisotopic (exact) mass is 418 g/mol. The van der Waals surface area contributed by atoms with Gasteiger partial charge in [0.15, 0.2) is 11.5 Å². The molecular formula is C20H12Cl2O6. The largest absolute Gasteiger partial charge is 0.478 e. The molecule has 0 fully saturated rings. The van der Waals surface area contributed by atoms with Gasteiger partial charge < -0.3 is 19.7 Å². The van der Waals surface area contributed by atoms with Gasteiger partial charge in [-0.25, -0.2) is 9.59 Å². The number of rotatable bonds is 6. The molecule has 3 aromatic carbocycles. The van der Waals surface area contributed by atoms with Gasteiger partial charge in [-0.2, -0.15) is 0 Å². The third-order valence-corrected chi connectivity index (χ3v) is 4.45. The van der Waals surface area contributed by atoms with E-state index in [2.05, 4.69) is 0 Å². The minimum Gasteiger partial charge on any atom is -0.478 e. The van der Waals surface area contributed by atoms with Gasteiger partial charge in [-0.05, 0) is 60.7 Å². The maximum Gasteiger partial charge on any atom is 0.335 e. The predicted octanol–water partition coefficient (Wildman–Crippen LogP) is 5.97. The fraction of sp³-hybridized carbons (Fsp3) is 0. The van der Waals surface area contributed by atoms with Gasteiger partial charge in [0, 0.05) is 0 Å². The normalized spacial score (nSPS) is 10.4. The molecule has 0 bridgehead atoms. The second-order valence-corrected chi connectivity index (χ2v) is 6.34. The van der Waals surface area contributed by atoms with E-state index < -0.39 is 11.9 Å². The molecule has 8 heteroatoms. The molecule has 0 aliphatic carbocycles. The number of hydrogen-bond acceptors (Lipinski definition) is 4. The predicted molar refractivity (Wildman–Crippen MR) is 103 cm³/mol. The van der Waals surface area contributed by atoms with Crippen LogP contribution < -0.4 is 9.47 Å². The zero-order chi connectivity index (χ0) is 20.3. The molecule has 0 aliphatic heterocycles. The van der Waals surface area contributed by atoms with Gasteiger partial charge in [-0.15, -0.1) is 0 Å². The molecule has 0 unspecified atom stereocenters. The Morgan fingerprint density at radius 2 is 1.14 bits per heavy atom. The third-order valence-electron chi connectivity index (χ3n) is 3.66. The lowest BCUT2D eigenvalue weighted by Gasteiger charge is -2.15. The van der Waals surface area contributed by atoms with Crippen molar-refractivity contribution in [2.24, 2.45) is 0 Å². The molecule has 3 aromatic rings. The van der Waals surface area contributed by atoms with Crippen molar-refractivity contribution in [1.29, 1.82) is 0 Å². The number of aromatic carboxylic acids is 2. The van der Waals surface area contributed by atoms with Crippen molar-refractivity contribution >= 4 is 35.1 Å². The number of halogens is 2. The molecule has 2 N–H and O–H groups in total. The maximum absolute atomic E-state index is 11.0. The van der Waals surface area contributed by atoms with Crippen LogP contribution in [0.2, 0.25) is 10.0 Å². The van der Waals surface area contributed by atoms with Crippen molar-refractivity contribution in [1.82, 2.24) is 0 Å². The molecule has 0 saturated carbocycles. The first-order valence-corrected chi connectivity index (χ1v) is 8.61. The van der Waals surface area contributed by atoms with Gasteiger partial charge in [-0.1, -0.05) is 23.2 Å². The Labute approximate surface area is 169 Å². The van der Waals surface area contributed by atoms with Crippen molar-refractivity contribution in [2.75, 3.05) is 0 Å². The van der Waals surface area contributed by atoms with Crippen LogP contribution in [0.25, 0.3) is 0 Å². The van der Waals surface area contributed by atoms with E-state index in [1.807, 2.05) is 0 Å². The molecule has 142 valence electrons. The molecule has 0 amide bonds. The van der Waals surface area contributed by atoms with Crippen LogP contribution in [-0.2, 0) is 0 Å². The molecule has 0 aromatic heterocycles. The summed E-state index contributed by atoms with van der Waals surface area (Å²) in [6, 6.07) is 14.6. The first-order valence-electron chi connectivity index (χ1n) is 7.85. The Kier molecular flexibility index (Phi) is 5.73. The lowest BCUT2D eigenvalue weighted by Crippen LogP contribution is -1.97. The lowest BCUT2D eigenvalue weighted by atomic mass is 10.2. The number of hydrogen-bond donors (Lipinski definition) is 2. The number of ether oxygens (including phenoxy) is 2. The maximum atomic E-state index is 11.0. The van der Waals surface area contributed by atoms with Crippen molar-refractivity contribution < 1.29 is 29.3 Å². The molecule has 6 nitrogen and oxygen atoms in total. The quantitative estimate of drug-likeness (QED) is 0.511. The Balaban J connectivity index is 1.91. The van der Waals surface area contributed by atoms with Crippen molar-refractivity contribution in [2.45, 2.75) is 0 Å². The molecule has 0 atom stereocenters. The number of carboxylic acid groups (broad SMARTS) is 2. The fourth-order valence-electron chi connectivity index (χ4n) is 2.27. The molecule has 0 heterocycles. The van der Waals surface area contributed by atoms with Gasteiger partial charge >= 0.3 is 11.9 Å². The summed E-state index contributed by atoms with van der Waals surface area (Å²) >= 11 is 12.3. The van der Waals surface area contributed by atoms with E-state index in [1.54, 1.807) is 6.07 Å². The average Bonchev–Trinajstić information content (AvgIpc) is 2.68. The van der Waals surface area contributed by atoms with E-state index in [1.165, 1.54) is 54.6 Å². The summed E-state index contributed by atoms with van der Waals surface area (Å²) in [5, 5.41) is 18.3. The summed E-state index contributed by atoms with van der Waals surface area (Å²) in [7, 11) is 0. The first kappa shape index (κ1) is 19.5. The highest BCUT2D eigenvalue weighted by Crippen LogP contribution is 2.44. The van der Waals surface area contributed by atoms with Gasteiger partial charge in [0.2, 0.25) is 0 Å². The van der Waals surface area contributed by atoms with E-state index in [-0.39, 0.29) is 32.7 Å². The zero-order valence-electron chi connectivity index (χ0n) is 14.1. The molecule has 28 heavy (non-hydrogen) atoms. The van der Waals surface area contributed by atoms with Crippen molar-refractivity contribution in [3.8, 4) is 23.0 Å². The minimum absolute atomic E-state index is 0.111. The fourth-order valence-corrected chi connectivity index (χ4v) is 2.61. The second-order valence-electron chi connectivity index (χ2n) is 5.55. The van der Waals surface area contributed by atoms with E-state index in [0.29, 0.717) is 11.5 Å². The Hall–Kier alpha value is -3.22. The summed E-state index contributed by atoms with van der Waals surface area (Å²) in [6.45, 7) is 0. The van der Waals surface area contributed by atoms with Crippen LogP contribution in [-0.4, -0.2) is 22.2 Å². The summed E-state index contributed by atoms with van der Waals surface area (Å²) in [6.07, 6.45) is 0. The Morgan fingerprint density at radius 1 is 0.679 bits per heavy atom. The Bertz CT molecular complexity index is 1030. The standard InChI is InChI=1S/C20H12Cl2O6/c21-15-9-10-16(27-13-5-1-11(2-6-13)19(23)24)18(17(15)22)28-14-7-3-12(4-8-14)20(25)26/h1-10H,(H,23,24)(H,25,26). The van der Waals surface area contributed by atoms with E-state index in [4.69, 9.17) is 42.9 Å². The second kappa shape index (κ2) is 8.21. The molecule has 0 spiro atoms. The summed E-state index contributed by atoms with van der Waals surface area (Å²) in [5.74, 6) is -1.01. The van der Waals surface area contributed by atoms with E-state index >= 15 is 0 Å². The van der Waals surface area contributed by atoms with Gasteiger partial charge in [0.25, 0.3) is 0 Å². The number of carboxylic acids is 2. The highest BCUT2D eigenvalue weighted by molar-refractivity contribution is 6.43. The zero-order valence-corrected chi connectivity index (χ0v) is 15.6. The number of benzene rings is 3. The van der Waals surface area contributed by atoms with Gasteiger partial charge in [0.05, 0.1) is 16.1 Å². The topological polar surface area (TPSA) is 93.1 Å². The SMILES string of the molecule is O=C(O)c1ccc(Oc2ccc(Cl)c(Cl)c2Oc2ccc(C(=O)O)cc2)cc1. The first-order chi connectivity index (χ1) is 13.3. The van der Waals surface area contributed by atoms with E-state index in [9.17, 15) is 9.59 Å². The molecule has 0 saturated heterocycles. The lowest BCUT2D eigenvalue weighted by molar-refractivity contribution is 0.0686. The average molecular weight is 419 g/mol. The van der Waals surface area contributed by atoms with Crippen LogP contribution in [0, 0.1) is 0 Å². The van der Waals surface area contributed by atoms with Crippen LogP contribution in [0.5, 0.6) is 23.0 Å². The molecule has 3 rings (SSSR count). The third kappa shape index (κ3) is 4.36. The molecular weight excluding hydrogens is 407 g/mol. The van der Waals surface area contributed by atoms with Crippen LogP contribution >= 0.6 is 23.2 Å². The van der Waals surface area contributed by atoms with Gasteiger partial charge in [-0.3, -0.25) is 0 Å². The summed E-state index contributed by atoms with van der Waals surface area (Å²) in [5.41, 5.74) is 0.232. The smallest absolute Gasteiger partial charge is 0.335 e. The highest BCUT2D eigenvalue weighted by atomic mass is 35.5. The van der Waals surface area contributed by atoms with E-state index in [0.717, 1.165) is 0 Å². The molecule has 0 radical (unpaired) electrons.